The molecule has 2 aromatic carbocycles. The Labute approximate surface area is 151 Å². The molecule has 1 N–H and O–H groups in total. The van der Waals surface area contributed by atoms with Crippen molar-refractivity contribution in [2.45, 2.75) is 32.2 Å². The highest BCUT2D eigenvalue weighted by Crippen LogP contribution is 2.29. The zero-order valence-electron chi connectivity index (χ0n) is 14.8. The van der Waals surface area contributed by atoms with E-state index < -0.39 is 15.8 Å². The van der Waals surface area contributed by atoms with E-state index in [4.69, 9.17) is 9.15 Å². The molecule has 138 valence electrons. The van der Waals surface area contributed by atoms with Gasteiger partial charge in [-0.15, -0.1) is 0 Å². The molecular formula is C18H20N2O5S. The minimum absolute atomic E-state index is 0.0494. The molecule has 0 aliphatic carbocycles. The maximum absolute atomic E-state index is 12.9. The Kier molecular flexibility index (Phi) is 4.78. The van der Waals surface area contributed by atoms with Crippen LogP contribution in [0.5, 0.6) is 5.75 Å². The number of hydrogen-bond donors (Lipinski definition) is 1. The molecule has 7 nitrogen and oxygen atoms in total. The third kappa shape index (κ3) is 3.20. The molecular weight excluding hydrogens is 356 g/mol. The Morgan fingerprint density at radius 2 is 1.92 bits per heavy atom. The predicted octanol–water partition coefficient (Wildman–Crippen LogP) is 3.12. The molecule has 0 atom stereocenters. The zero-order valence-corrected chi connectivity index (χ0v) is 15.6. The number of aryl methyl sites for hydroxylation is 2. The molecule has 0 saturated heterocycles. The fourth-order valence-electron chi connectivity index (χ4n) is 2.82. The average Bonchev–Trinajstić information content (AvgIpc) is 2.90. The lowest BCUT2D eigenvalue weighted by atomic mass is 10.2. The van der Waals surface area contributed by atoms with Gasteiger partial charge in [-0.05, 0) is 44.5 Å². The number of hydrogen-bond acceptors (Lipinski definition) is 5. The first kappa shape index (κ1) is 18.1. The fraction of sp³-hybridized carbons (Fsp3) is 0.278. The summed E-state index contributed by atoms with van der Waals surface area (Å²) in [6.45, 7) is 6.18. The number of nitrogens with zero attached hydrogens (tertiary/aromatic N) is 1. The highest BCUT2D eigenvalue weighted by molar-refractivity contribution is 7.92. The molecule has 0 bridgehead atoms. The number of nitrogens with one attached hydrogen (secondary N) is 1. The van der Waals surface area contributed by atoms with Crippen molar-refractivity contribution in [3.8, 4) is 5.75 Å². The molecule has 0 unspecified atom stereocenters. The SMILES string of the molecule is CCOc1ccccc1NS(=O)(=O)c1cc2oc(=O)n(CC)c2cc1C. The van der Waals surface area contributed by atoms with E-state index in [-0.39, 0.29) is 10.5 Å². The summed E-state index contributed by atoms with van der Waals surface area (Å²) >= 11 is 0. The number of aromatic nitrogens is 1. The largest absolute Gasteiger partial charge is 0.492 e. The number of para-hydroxylation sites is 2. The zero-order chi connectivity index (χ0) is 18.9. The molecule has 3 rings (SSSR count). The van der Waals surface area contributed by atoms with Crippen molar-refractivity contribution in [3.63, 3.8) is 0 Å². The number of anilines is 1. The molecule has 0 aliphatic rings. The van der Waals surface area contributed by atoms with Crippen LogP contribution < -0.4 is 15.2 Å². The number of fused-ring (bicyclic) bond motifs is 1. The number of sulfonamides is 1. The quantitative estimate of drug-likeness (QED) is 0.714. The van der Waals surface area contributed by atoms with Gasteiger partial charge in [0, 0.05) is 12.6 Å². The van der Waals surface area contributed by atoms with E-state index in [1.807, 2.05) is 13.8 Å². The Hall–Kier alpha value is -2.74. The van der Waals surface area contributed by atoms with Gasteiger partial charge in [-0.1, -0.05) is 12.1 Å². The van der Waals surface area contributed by atoms with Gasteiger partial charge in [-0.2, -0.15) is 0 Å². The van der Waals surface area contributed by atoms with Crippen LogP contribution in [0.3, 0.4) is 0 Å². The van der Waals surface area contributed by atoms with Crippen molar-refractivity contribution >= 4 is 26.8 Å². The Morgan fingerprint density at radius 3 is 2.62 bits per heavy atom. The molecule has 0 spiro atoms. The normalized spacial score (nSPS) is 11.7. The topological polar surface area (TPSA) is 90.5 Å². The fourth-order valence-corrected chi connectivity index (χ4v) is 4.13. The average molecular weight is 376 g/mol. The summed E-state index contributed by atoms with van der Waals surface area (Å²) in [7, 11) is -3.89. The maximum Gasteiger partial charge on any atom is 0.419 e. The van der Waals surface area contributed by atoms with Gasteiger partial charge in [-0.3, -0.25) is 9.29 Å². The molecule has 3 aromatic rings. The summed E-state index contributed by atoms with van der Waals surface area (Å²) in [5.74, 6) is -0.0629. The van der Waals surface area contributed by atoms with E-state index in [0.717, 1.165) is 0 Å². The standard InChI is InChI=1S/C18H20N2O5S/c1-4-20-14-10-12(3)17(11-16(14)25-18(20)21)26(22,23)19-13-8-6-7-9-15(13)24-5-2/h6-11,19H,4-5H2,1-3H3. The van der Waals surface area contributed by atoms with Crippen LogP contribution in [0.25, 0.3) is 11.1 Å². The number of oxazole rings is 1. The predicted molar refractivity (Wildman–Crippen MR) is 99.3 cm³/mol. The van der Waals surface area contributed by atoms with Crippen LogP contribution in [-0.4, -0.2) is 19.6 Å². The molecule has 0 saturated carbocycles. The first-order valence-corrected chi connectivity index (χ1v) is 9.74. The molecule has 0 aliphatic heterocycles. The lowest BCUT2D eigenvalue weighted by Crippen LogP contribution is -2.15. The van der Waals surface area contributed by atoms with Crippen LogP contribution in [0, 0.1) is 6.92 Å². The maximum atomic E-state index is 12.9. The number of benzene rings is 2. The molecule has 26 heavy (non-hydrogen) atoms. The molecule has 1 aromatic heterocycles. The van der Waals surface area contributed by atoms with E-state index in [2.05, 4.69) is 4.72 Å². The van der Waals surface area contributed by atoms with E-state index in [1.54, 1.807) is 37.3 Å². The second kappa shape index (κ2) is 6.87. The van der Waals surface area contributed by atoms with Crippen molar-refractivity contribution in [2.24, 2.45) is 0 Å². The van der Waals surface area contributed by atoms with E-state index in [1.165, 1.54) is 10.6 Å². The molecule has 8 heteroatoms. The third-order valence-electron chi connectivity index (χ3n) is 4.00. The van der Waals surface area contributed by atoms with Crippen molar-refractivity contribution in [1.82, 2.24) is 4.57 Å². The highest BCUT2D eigenvalue weighted by Gasteiger charge is 2.21. The second-order valence-electron chi connectivity index (χ2n) is 5.73. The summed E-state index contributed by atoms with van der Waals surface area (Å²) in [6, 6.07) is 9.83. The summed E-state index contributed by atoms with van der Waals surface area (Å²) in [4.78, 5) is 11.9. The lowest BCUT2D eigenvalue weighted by molar-refractivity contribution is 0.342. The number of ether oxygens (including phenoxy) is 1. The van der Waals surface area contributed by atoms with Crippen LogP contribution in [-0.2, 0) is 16.6 Å². The molecule has 1 heterocycles. The first-order chi connectivity index (χ1) is 12.4. The summed E-state index contributed by atoms with van der Waals surface area (Å²) in [5, 5.41) is 0. The van der Waals surface area contributed by atoms with E-state index in [9.17, 15) is 13.2 Å². The van der Waals surface area contributed by atoms with E-state index in [0.29, 0.717) is 35.7 Å². The van der Waals surface area contributed by atoms with Crippen molar-refractivity contribution < 1.29 is 17.6 Å². The van der Waals surface area contributed by atoms with Crippen molar-refractivity contribution in [3.05, 3.63) is 52.5 Å². The van der Waals surface area contributed by atoms with Gasteiger partial charge in [0.25, 0.3) is 10.0 Å². The number of rotatable bonds is 6. The molecule has 0 fully saturated rings. The van der Waals surface area contributed by atoms with Crippen LogP contribution in [0.2, 0.25) is 0 Å². The van der Waals surface area contributed by atoms with Gasteiger partial charge >= 0.3 is 5.76 Å². The van der Waals surface area contributed by atoms with Crippen LogP contribution in [0.1, 0.15) is 19.4 Å². The lowest BCUT2D eigenvalue weighted by Gasteiger charge is -2.14. The van der Waals surface area contributed by atoms with Gasteiger partial charge in [-0.25, -0.2) is 13.2 Å². The minimum atomic E-state index is -3.89. The van der Waals surface area contributed by atoms with Gasteiger partial charge in [0.15, 0.2) is 5.58 Å². The Bertz CT molecular complexity index is 1110. The monoisotopic (exact) mass is 376 g/mol. The minimum Gasteiger partial charge on any atom is -0.492 e. The van der Waals surface area contributed by atoms with Crippen LogP contribution in [0.15, 0.2) is 50.5 Å². The van der Waals surface area contributed by atoms with Crippen LogP contribution in [0.4, 0.5) is 5.69 Å². The first-order valence-electron chi connectivity index (χ1n) is 8.26. The van der Waals surface area contributed by atoms with Crippen LogP contribution >= 0.6 is 0 Å². The van der Waals surface area contributed by atoms with Gasteiger partial charge in [0.05, 0.1) is 22.7 Å². The molecule has 0 amide bonds. The van der Waals surface area contributed by atoms with Gasteiger partial charge < -0.3 is 9.15 Å². The summed E-state index contributed by atoms with van der Waals surface area (Å²) < 4.78 is 40.4. The second-order valence-corrected chi connectivity index (χ2v) is 7.38. The third-order valence-corrected chi connectivity index (χ3v) is 5.51. The van der Waals surface area contributed by atoms with Gasteiger partial charge in [0.1, 0.15) is 5.75 Å². The smallest absolute Gasteiger partial charge is 0.419 e. The summed E-state index contributed by atoms with van der Waals surface area (Å²) in [5.41, 5.74) is 1.67. The van der Waals surface area contributed by atoms with E-state index >= 15 is 0 Å². The van der Waals surface area contributed by atoms with Crippen molar-refractivity contribution in [1.29, 1.82) is 0 Å². The Balaban J connectivity index is 2.08. The van der Waals surface area contributed by atoms with Gasteiger partial charge in [0.2, 0.25) is 0 Å². The molecule has 0 radical (unpaired) electrons. The Morgan fingerprint density at radius 1 is 1.19 bits per heavy atom. The summed E-state index contributed by atoms with van der Waals surface area (Å²) in [6.07, 6.45) is 0. The highest BCUT2D eigenvalue weighted by atomic mass is 32.2. The van der Waals surface area contributed by atoms with Crippen molar-refractivity contribution in [2.75, 3.05) is 11.3 Å².